The fraction of sp³-hybridized carbons (Fsp3) is 0.600. The van der Waals surface area contributed by atoms with Gasteiger partial charge in [0.2, 0.25) is 5.95 Å². The molecule has 0 aromatic carbocycles. The largest absolute Gasteiger partial charge is 0.379 e. The minimum atomic E-state index is -0.434. The molecule has 1 aromatic heterocycles. The zero-order valence-corrected chi connectivity index (χ0v) is 9.03. The Morgan fingerprint density at radius 1 is 1.40 bits per heavy atom. The van der Waals surface area contributed by atoms with Crippen LogP contribution in [-0.4, -0.2) is 29.7 Å². The van der Waals surface area contributed by atoms with Crippen molar-refractivity contribution in [2.24, 2.45) is 5.92 Å². The number of rotatable bonds is 6. The zero-order chi connectivity index (χ0) is 11.1. The lowest BCUT2D eigenvalue weighted by molar-refractivity contribution is 0.118. The molecule has 0 amide bonds. The number of hydrogen-bond acceptors (Lipinski definition) is 4. The first kappa shape index (κ1) is 11.8. The molecule has 1 rings (SSSR count). The van der Waals surface area contributed by atoms with Crippen molar-refractivity contribution in [1.29, 1.82) is 0 Å². The molecule has 0 aliphatic heterocycles. The highest BCUT2D eigenvalue weighted by molar-refractivity contribution is 5.21. The number of hydrogen-bond donors (Lipinski definition) is 1. The van der Waals surface area contributed by atoms with Crippen LogP contribution in [0.2, 0.25) is 0 Å². The minimum Gasteiger partial charge on any atom is -0.379 e. The Hall–Kier alpha value is -1.23. The van der Waals surface area contributed by atoms with Crippen molar-refractivity contribution in [3.05, 3.63) is 18.2 Å². The van der Waals surface area contributed by atoms with Gasteiger partial charge in [0.25, 0.3) is 0 Å². The summed E-state index contributed by atoms with van der Waals surface area (Å²) >= 11 is 0. The maximum atomic E-state index is 12.4. The topological polar surface area (TPSA) is 47.0 Å². The van der Waals surface area contributed by atoms with E-state index >= 15 is 0 Å². The molecule has 1 N–H and O–H groups in total. The summed E-state index contributed by atoms with van der Waals surface area (Å²) in [7, 11) is 0. The molecular formula is C10H16FN3O. The summed E-state index contributed by atoms with van der Waals surface area (Å²) in [4.78, 5) is 7.52. The first-order chi connectivity index (χ1) is 7.18. The summed E-state index contributed by atoms with van der Waals surface area (Å²) in [5, 5.41) is 2.93. The molecule has 0 unspecified atom stereocenters. The van der Waals surface area contributed by atoms with Crippen molar-refractivity contribution in [2.75, 3.05) is 25.1 Å². The van der Waals surface area contributed by atoms with Gasteiger partial charge in [-0.1, -0.05) is 13.8 Å². The van der Waals surface area contributed by atoms with E-state index in [2.05, 4.69) is 29.1 Å². The maximum Gasteiger partial charge on any atom is 0.222 e. The lowest BCUT2D eigenvalue weighted by Crippen LogP contribution is -2.13. The number of ether oxygens (including phenoxy) is 1. The molecular weight excluding hydrogens is 197 g/mol. The zero-order valence-electron chi connectivity index (χ0n) is 9.03. The molecule has 0 saturated heterocycles. The molecule has 4 nitrogen and oxygen atoms in total. The molecule has 0 saturated carbocycles. The second-order valence-electron chi connectivity index (χ2n) is 3.62. The second kappa shape index (κ2) is 6.29. The number of anilines is 1. The van der Waals surface area contributed by atoms with Gasteiger partial charge in [-0.3, -0.25) is 0 Å². The molecule has 0 aliphatic rings. The normalized spacial score (nSPS) is 10.7. The van der Waals surface area contributed by atoms with Gasteiger partial charge in [0.1, 0.15) is 0 Å². The van der Waals surface area contributed by atoms with Crippen LogP contribution in [0.1, 0.15) is 13.8 Å². The molecule has 0 atom stereocenters. The standard InChI is InChI=1S/C10H16FN3O/c1-8(2)7-15-4-3-12-10-13-5-9(11)6-14-10/h5-6,8H,3-4,7H2,1-2H3,(H,12,13,14). The van der Waals surface area contributed by atoms with Crippen LogP contribution in [-0.2, 0) is 4.74 Å². The maximum absolute atomic E-state index is 12.4. The van der Waals surface area contributed by atoms with Gasteiger partial charge in [0, 0.05) is 13.2 Å². The quantitative estimate of drug-likeness (QED) is 0.731. The Morgan fingerprint density at radius 3 is 2.67 bits per heavy atom. The second-order valence-corrected chi connectivity index (χ2v) is 3.62. The van der Waals surface area contributed by atoms with E-state index in [1.54, 1.807) is 0 Å². The molecule has 15 heavy (non-hydrogen) atoms. The summed E-state index contributed by atoms with van der Waals surface area (Å²) in [5.41, 5.74) is 0. The van der Waals surface area contributed by atoms with Gasteiger partial charge in [0.15, 0.2) is 5.82 Å². The van der Waals surface area contributed by atoms with Crippen LogP contribution in [0.15, 0.2) is 12.4 Å². The van der Waals surface area contributed by atoms with E-state index in [0.29, 0.717) is 25.0 Å². The lowest BCUT2D eigenvalue weighted by Gasteiger charge is -2.07. The molecule has 1 heterocycles. The third kappa shape index (κ3) is 5.27. The van der Waals surface area contributed by atoms with Crippen LogP contribution >= 0.6 is 0 Å². The van der Waals surface area contributed by atoms with E-state index < -0.39 is 5.82 Å². The summed E-state index contributed by atoms with van der Waals surface area (Å²) < 4.78 is 17.8. The number of halogens is 1. The average molecular weight is 213 g/mol. The van der Waals surface area contributed by atoms with Crippen molar-refractivity contribution >= 4 is 5.95 Å². The molecule has 0 radical (unpaired) electrons. The molecule has 0 spiro atoms. The van der Waals surface area contributed by atoms with Crippen molar-refractivity contribution in [2.45, 2.75) is 13.8 Å². The highest BCUT2D eigenvalue weighted by Crippen LogP contribution is 1.97. The molecule has 0 aliphatic carbocycles. The van der Waals surface area contributed by atoms with E-state index in [-0.39, 0.29) is 0 Å². The first-order valence-electron chi connectivity index (χ1n) is 4.97. The average Bonchev–Trinajstić information content (AvgIpc) is 2.20. The fourth-order valence-electron chi connectivity index (χ4n) is 0.958. The van der Waals surface area contributed by atoms with Crippen LogP contribution in [0.4, 0.5) is 10.3 Å². The fourth-order valence-corrected chi connectivity index (χ4v) is 0.958. The van der Waals surface area contributed by atoms with Crippen molar-refractivity contribution < 1.29 is 9.13 Å². The third-order valence-corrected chi connectivity index (χ3v) is 1.60. The van der Waals surface area contributed by atoms with E-state index in [1.165, 1.54) is 0 Å². The van der Waals surface area contributed by atoms with Crippen LogP contribution in [0, 0.1) is 11.7 Å². The van der Waals surface area contributed by atoms with E-state index in [0.717, 1.165) is 19.0 Å². The van der Waals surface area contributed by atoms with Gasteiger partial charge < -0.3 is 10.1 Å². The molecule has 1 aromatic rings. The smallest absolute Gasteiger partial charge is 0.222 e. The highest BCUT2D eigenvalue weighted by atomic mass is 19.1. The predicted molar refractivity (Wildman–Crippen MR) is 56.1 cm³/mol. The Morgan fingerprint density at radius 2 is 2.07 bits per heavy atom. The number of nitrogens with zero attached hydrogens (tertiary/aromatic N) is 2. The van der Waals surface area contributed by atoms with Gasteiger partial charge in [0.05, 0.1) is 19.0 Å². The van der Waals surface area contributed by atoms with Gasteiger partial charge in [-0.05, 0) is 5.92 Å². The van der Waals surface area contributed by atoms with Crippen LogP contribution in [0.3, 0.4) is 0 Å². The minimum absolute atomic E-state index is 0.421. The Kier molecular flexibility index (Phi) is 4.97. The van der Waals surface area contributed by atoms with Crippen LogP contribution < -0.4 is 5.32 Å². The van der Waals surface area contributed by atoms with Gasteiger partial charge in [-0.15, -0.1) is 0 Å². The summed E-state index contributed by atoms with van der Waals surface area (Å²) in [6, 6.07) is 0. The molecule has 84 valence electrons. The predicted octanol–water partition coefficient (Wildman–Crippen LogP) is 1.70. The summed E-state index contributed by atoms with van der Waals surface area (Å²) in [6.45, 7) is 6.15. The SMILES string of the molecule is CC(C)COCCNc1ncc(F)cn1. The highest BCUT2D eigenvalue weighted by Gasteiger charge is 1.96. The summed E-state index contributed by atoms with van der Waals surface area (Å²) in [5.74, 6) is 0.522. The third-order valence-electron chi connectivity index (χ3n) is 1.60. The van der Waals surface area contributed by atoms with Crippen molar-refractivity contribution in [3.8, 4) is 0 Å². The van der Waals surface area contributed by atoms with Crippen LogP contribution in [0.5, 0.6) is 0 Å². The Bertz CT molecular complexity index is 277. The molecule has 0 fully saturated rings. The van der Waals surface area contributed by atoms with Gasteiger partial charge in [-0.25, -0.2) is 14.4 Å². The Balaban J connectivity index is 2.12. The number of aromatic nitrogens is 2. The first-order valence-corrected chi connectivity index (χ1v) is 4.97. The van der Waals surface area contributed by atoms with Crippen molar-refractivity contribution in [1.82, 2.24) is 9.97 Å². The molecule has 5 heteroatoms. The van der Waals surface area contributed by atoms with E-state index in [4.69, 9.17) is 4.74 Å². The van der Waals surface area contributed by atoms with Gasteiger partial charge >= 0.3 is 0 Å². The molecule has 0 bridgehead atoms. The lowest BCUT2D eigenvalue weighted by atomic mass is 10.2. The number of nitrogens with one attached hydrogen (secondary N) is 1. The van der Waals surface area contributed by atoms with E-state index in [9.17, 15) is 4.39 Å². The van der Waals surface area contributed by atoms with E-state index in [1.807, 2.05) is 0 Å². The van der Waals surface area contributed by atoms with Crippen molar-refractivity contribution in [3.63, 3.8) is 0 Å². The Labute approximate surface area is 88.9 Å². The van der Waals surface area contributed by atoms with Crippen LogP contribution in [0.25, 0.3) is 0 Å². The van der Waals surface area contributed by atoms with Gasteiger partial charge in [-0.2, -0.15) is 0 Å². The monoisotopic (exact) mass is 213 g/mol. The summed E-state index contributed by atoms with van der Waals surface area (Å²) in [6.07, 6.45) is 2.26.